The fraction of sp³-hybridized carbons (Fsp3) is 0.583. The number of thioether (sulfide) groups is 1. The average molecular weight is 224 g/mol. The molecule has 0 saturated carbocycles. The zero-order chi connectivity index (χ0) is 10.9. The molecule has 0 radical (unpaired) electrons. The lowest BCUT2D eigenvalue weighted by Crippen LogP contribution is -2.23. The summed E-state index contributed by atoms with van der Waals surface area (Å²) in [5.74, 6) is 1.16. The maximum absolute atomic E-state index is 4.27. The zero-order valence-corrected chi connectivity index (χ0v) is 10.4. The first-order chi connectivity index (χ1) is 7.29. The van der Waals surface area contributed by atoms with E-state index in [-0.39, 0.29) is 0 Å². The van der Waals surface area contributed by atoms with Crippen LogP contribution in [0.15, 0.2) is 29.4 Å². The molecule has 0 fully saturated rings. The van der Waals surface area contributed by atoms with Crippen LogP contribution in [-0.4, -0.2) is 23.3 Å². The van der Waals surface area contributed by atoms with Gasteiger partial charge in [0.25, 0.3) is 0 Å². The van der Waals surface area contributed by atoms with E-state index in [0.29, 0.717) is 6.04 Å². The van der Waals surface area contributed by atoms with Gasteiger partial charge in [-0.15, -0.1) is 11.8 Å². The highest BCUT2D eigenvalue weighted by atomic mass is 32.2. The van der Waals surface area contributed by atoms with Gasteiger partial charge in [0.1, 0.15) is 0 Å². The molecule has 1 aromatic heterocycles. The van der Waals surface area contributed by atoms with Crippen molar-refractivity contribution < 1.29 is 0 Å². The van der Waals surface area contributed by atoms with Gasteiger partial charge in [-0.3, -0.25) is 0 Å². The number of hydrogen-bond donors (Lipinski definition) is 1. The van der Waals surface area contributed by atoms with Crippen molar-refractivity contribution in [2.75, 3.05) is 12.3 Å². The van der Waals surface area contributed by atoms with Crippen molar-refractivity contribution in [2.45, 2.75) is 37.8 Å². The summed E-state index contributed by atoms with van der Waals surface area (Å²) in [5.41, 5.74) is 0. The number of unbranched alkanes of at least 4 members (excludes halogenated alkanes) is 1. The van der Waals surface area contributed by atoms with E-state index in [4.69, 9.17) is 0 Å². The third-order valence-corrected chi connectivity index (χ3v) is 3.04. The number of rotatable bonds is 7. The molecular formula is C12H20N2S. The first-order valence-electron chi connectivity index (χ1n) is 5.56. The van der Waals surface area contributed by atoms with Crippen LogP contribution >= 0.6 is 11.8 Å². The van der Waals surface area contributed by atoms with Crippen LogP contribution in [0.3, 0.4) is 0 Å². The Morgan fingerprint density at radius 1 is 1.33 bits per heavy atom. The molecule has 1 aromatic rings. The van der Waals surface area contributed by atoms with E-state index >= 15 is 0 Å². The summed E-state index contributed by atoms with van der Waals surface area (Å²) in [6.45, 7) is 5.49. The summed E-state index contributed by atoms with van der Waals surface area (Å²) in [5, 5.41) is 4.55. The smallest absolute Gasteiger partial charge is 0.0959 e. The molecule has 0 spiro atoms. The normalized spacial score (nSPS) is 10.9. The molecule has 84 valence electrons. The van der Waals surface area contributed by atoms with Gasteiger partial charge in [-0.2, -0.15) is 0 Å². The number of nitrogens with one attached hydrogen (secondary N) is 1. The Hall–Kier alpha value is -0.540. The summed E-state index contributed by atoms with van der Waals surface area (Å²) in [6.07, 6.45) is 4.35. The van der Waals surface area contributed by atoms with Crippen LogP contribution < -0.4 is 5.32 Å². The largest absolute Gasteiger partial charge is 0.315 e. The van der Waals surface area contributed by atoms with E-state index in [1.165, 1.54) is 12.8 Å². The van der Waals surface area contributed by atoms with Crippen LogP contribution in [0, 0.1) is 0 Å². The minimum Gasteiger partial charge on any atom is -0.315 e. The minimum atomic E-state index is 0.605. The number of nitrogens with zero attached hydrogens (tertiary/aromatic N) is 1. The van der Waals surface area contributed by atoms with Crippen LogP contribution in [0.5, 0.6) is 0 Å². The van der Waals surface area contributed by atoms with Crippen molar-refractivity contribution in [1.82, 2.24) is 10.3 Å². The summed E-state index contributed by atoms with van der Waals surface area (Å²) in [7, 11) is 0. The van der Waals surface area contributed by atoms with E-state index in [1.54, 1.807) is 0 Å². The highest BCUT2D eigenvalue weighted by Gasteiger charge is 1.95. The first kappa shape index (κ1) is 12.5. The average Bonchev–Trinajstić information content (AvgIpc) is 2.24. The summed E-state index contributed by atoms with van der Waals surface area (Å²) >= 11 is 1.84. The van der Waals surface area contributed by atoms with Crippen LogP contribution in [0.1, 0.15) is 26.7 Å². The van der Waals surface area contributed by atoms with Gasteiger partial charge >= 0.3 is 0 Å². The van der Waals surface area contributed by atoms with Gasteiger partial charge < -0.3 is 5.32 Å². The molecule has 0 aliphatic heterocycles. The number of aromatic nitrogens is 1. The maximum atomic E-state index is 4.27. The van der Waals surface area contributed by atoms with Crippen molar-refractivity contribution in [2.24, 2.45) is 0 Å². The Bertz CT molecular complexity index is 249. The predicted octanol–water partition coefficient (Wildman–Crippen LogP) is 2.95. The molecule has 0 amide bonds. The molecule has 0 aromatic carbocycles. The molecular weight excluding hydrogens is 204 g/mol. The SMILES string of the molecule is CC(C)NCCCCSc1ccccn1. The van der Waals surface area contributed by atoms with E-state index in [0.717, 1.165) is 17.3 Å². The summed E-state index contributed by atoms with van der Waals surface area (Å²) in [6, 6.07) is 6.66. The quantitative estimate of drug-likeness (QED) is 0.569. The Labute approximate surface area is 96.9 Å². The van der Waals surface area contributed by atoms with Gasteiger partial charge in [0.05, 0.1) is 5.03 Å². The van der Waals surface area contributed by atoms with E-state index in [9.17, 15) is 0 Å². The third-order valence-electron chi connectivity index (χ3n) is 2.01. The van der Waals surface area contributed by atoms with Gasteiger partial charge in [-0.25, -0.2) is 4.98 Å². The maximum Gasteiger partial charge on any atom is 0.0959 e. The lowest BCUT2D eigenvalue weighted by molar-refractivity contribution is 0.567. The Morgan fingerprint density at radius 2 is 2.20 bits per heavy atom. The highest BCUT2D eigenvalue weighted by Crippen LogP contribution is 2.15. The van der Waals surface area contributed by atoms with E-state index in [1.807, 2.05) is 30.1 Å². The minimum absolute atomic E-state index is 0.605. The Morgan fingerprint density at radius 3 is 2.87 bits per heavy atom. The number of pyridine rings is 1. The monoisotopic (exact) mass is 224 g/mol. The van der Waals surface area contributed by atoms with Gasteiger partial charge in [0.15, 0.2) is 0 Å². The molecule has 0 unspecified atom stereocenters. The third kappa shape index (κ3) is 6.52. The molecule has 0 bridgehead atoms. The second-order valence-corrected chi connectivity index (χ2v) is 4.95. The molecule has 0 saturated heterocycles. The standard InChI is InChI=1S/C12H20N2S/c1-11(2)13-8-5-6-10-15-12-7-3-4-9-14-12/h3-4,7,9,11,13H,5-6,8,10H2,1-2H3. The molecule has 0 aliphatic carbocycles. The van der Waals surface area contributed by atoms with Gasteiger partial charge in [0, 0.05) is 12.2 Å². The zero-order valence-electron chi connectivity index (χ0n) is 9.57. The van der Waals surface area contributed by atoms with Gasteiger partial charge in [-0.1, -0.05) is 19.9 Å². The Balaban J connectivity index is 1.98. The fourth-order valence-corrected chi connectivity index (χ4v) is 2.09. The lowest BCUT2D eigenvalue weighted by atomic mass is 10.3. The molecule has 15 heavy (non-hydrogen) atoms. The topological polar surface area (TPSA) is 24.9 Å². The van der Waals surface area contributed by atoms with Crippen molar-refractivity contribution in [3.8, 4) is 0 Å². The van der Waals surface area contributed by atoms with E-state index in [2.05, 4.69) is 30.2 Å². The van der Waals surface area contributed by atoms with Crippen molar-refractivity contribution in [3.63, 3.8) is 0 Å². The molecule has 0 atom stereocenters. The highest BCUT2D eigenvalue weighted by molar-refractivity contribution is 7.99. The van der Waals surface area contributed by atoms with Crippen LogP contribution in [0.2, 0.25) is 0 Å². The second-order valence-electron chi connectivity index (χ2n) is 3.83. The van der Waals surface area contributed by atoms with Gasteiger partial charge in [0.2, 0.25) is 0 Å². The van der Waals surface area contributed by atoms with Crippen molar-refractivity contribution in [1.29, 1.82) is 0 Å². The molecule has 0 aliphatic rings. The molecule has 1 heterocycles. The van der Waals surface area contributed by atoms with Gasteiger partial charge in [-0.05, 0) is 37.3 Å². The van der Waals surface area contributed by atoms with Crippen molar-refractivity contribution in [3.05, 3.63) is 24.4 Å². The molecule has 2 nitrogen and oxygen atoms in total. The second kappa shape index (κ2) is 7.71. The summed E-state index contributed by atoms with van der Waals surface area (Å²) in [4.78, 5) is 4.27. The molecule has 1 N–H and O–H groups in total. The molecule has 3 heteroatoms. The van der Waals surface area contributed by atoms with Crippen LogP contribution in [-0.2, 0) is 0 Å². The first-order valence-corrected chi connectivity index (χ1v) is 6.55. The lowest BCUT2D eigenvalue weighted by Gasteiger charge is -2.07. The van der Waals surface area contributed by atoms with Crippen molar-refractivity contribution >= 4 is 11.8 Å². The number of hydrogen-bond acceptors (Lipinski definition) is 3. The van der Waals surface area contributed by atoms with E-state index < -0.39 is 0 Å². The molecule has 1 rings (SSSR count). The van der Waals surface area contributed by atoms with Crippen LogP contribution in [0.25, 0.3) is 0 Å². The van der Waals surface area contributed by atoms with Crippen LogP contribution in [0.4, 0.5) is 0 Å². The fourth-order valence-electron chi connectivity index (χ4n) is 1.23. The Kier molecular flexibility index (Phi) is 6.44. The summed E-state index contributed by atoms with van der Waals surface area (Å²) < 4.78 is 0. The predicted molar refractivity (Wildman–Crippen MR) is 67.3 cm³/mol.